The zero-order valence-corrected chi connectivity index (χ0v) is 18.2. The van der Waals surface area contributed by atoms with E-state index in [0.717, 1.165) is 56.1 Å². The van der Waals surface area contributed by atoms with Crippen LogP contribution >= 0.6 is 0 Å². The Balaban J connectivity index is 2.17. The third kappa shape index (κ3) is 3.54. The number of rotatable bonds is 7. The maximum atomic E-state index is 10.7. The molecule has 1 aliphatic carbocycles. The molecule has 0 saturated heterocycles. The number of hydrogen-bond donors (Lipinski definition) is 2. The summed E-state index contributed by atoms with van der Waals surface area (Å²) in [6.45, 7) is 11.3. The fraction of sp³-hybridized carbons (Fsp3) is 0.538. The third-order valence-corrected chi connectivity index (χ3v) is 6.66. The van der Waals surface area contributed by atoms with Gasteiger partial charge in [-0.1, -0.05) is 65.7 Å². The SMILES string of the molecule is CCCCc1cc(C2(C)CC(C)(C)c3ccc(O)c(CCCC)c32)ccc1O. The Morgan fingerprint density at radius 1 is 0.857 bits per heavy atom. The second kappa shape index (κ2) is 7.81. The van der Waals surface area contributed by atoms with Gasteiger partial charge in [0.05, 0.1) is 0 Å². The Labute approximate surface area is 170 Å². The summed E-state index contributed by atoms with van der Waals surface area (Å²) < 4.78 is 0. The molecule has 0 aliphatic heterocycles. The van der Waals surface area contributed by atoms with Crippen LogP contribution in [-0.2, 0) is 23.7 Å². The van der Waals surface area contributed by atoms with Gasteiger partial charge >= 0.3 is 0 Å². The first-order valence-electron chi connectivity index (χ1n) is 10.9. The maximum Gasteiger partial charge on any atom is 0.119 e. The van der Waals surface area contributed by atoms with Crippen LogP contribution in [0.5, 0.6) is 11.5 Å². The molecule has 0 radical (unpaired) electrons. The first-order valence-corrected chi connectivity index (χ1v) is 10.9. The van der Waals surface area contributed by atoms with E-state index < -0.39 is 0 Å². The summed E-state index contributed by atoms with van der Waals surface area (Å²) in [6.07, 6.45) is 7.23. The van der Waals surface area contributed by atoms with E-state index in [1.165, 1.54) is 16.7 Å². The molecule has 2 nitrogen and oxygen atoms in total. The van der Waals surface area contributed by atoms with Gasteiger partial charge in [-0.15, -0.1) is 0 Å². The summed E-state index contributed by atoms with van der Waals surface area (Å²) >= 11 is 0. The smallest absolute Gasteiger partial charge is 0.119 e. The molecule has 1 aliphatic rings. The number of benzene rings is 2. The molecular weight excluding hydrogens is 344 g/mol. The first-order chi connectivity index (χ1) is 13.2. The lowest BCUT2D eigenvalue weighted by Crippen LogP contribution is -2.24. The molecule has 0 fully saturated rings. The molecule has 1 atom stereocenters. The van der Waals surface area contributed by atoms with E-state index in [2.05, 4.69) is 52.8 Å². The lowest BCUT2D eigenvalue weighted by atomic mass is 9.73. The summed E-state index contributed by atoms with van der Waals surface area (Å²) in [6, 6.07) is 10.2. The van der Waals surface area contributed by atoms with Crippen LogP contribution < -0.4 is 0 Å². The van der Waals surface area contributed by atoms with Gasteiger partial charge in [-0.25, -0.2) is 0 Å². The normalized spacial score (nSPS) is 20.3. The van der Waals surface area contributed by atoms with Gasteiger partial charge in [0.2, 0.25) is 0 Å². The van der Waals surface area contributed by atoms with Crippen molar-refractivity contribution in [1.82, 2.24) is 0 Å². The Kier molecular flexibility index (Phi) is 5.79. The number of phenols is 2. The van der Waals surface area contributed by atoms with Gasteiger partial charge in [0.1, 0.15) is 11.5 Å². The van der Waals surface area contributed by atoms with Gasteiger partial charge in [-0.3, -0.25) is 0 Å². The number of hydrogen-bond acceptors (Lipinski definition) is 2. The fourth-order valence-corrected chi connectivity index (χ4v) is 5.25. The molecule has 0 spiro atoms. The molecule has 1 unspecified atom stereocenters. The monoisotopic (exact) mass is 380 g/mol. The fourth-order valence-electron chi connectivity index (χ4n) is 5.25. The largest absolute Gasteiger partial charge is 0.508 e. The number of fused-ring (bicyclic) bond motifs is 1. The van der Waals surface area contributed by atoms with E-state index in [1.54, 1.807) is 0 Å². The topological polar surface area (TPSA) is 40.5 Å². The summed E-state index contributed by atoms with van der Waals surface area (Å²) in [5.41, 5.74) is 6.00. The molecule has 2 heteroatoms. The van der Waals surface area contributed by atoms with Gasteiger partial charge in [-0.05, 0) is 77.5 Å². The van der Waals surface area contributed by atoms with Crippen LogP contribution in [0, 0.1) is 0 Å². The van der Waals surface area contributed by atoms with E-state index in [1.807, 2.05) is 12.1 Å². The minimum Gasteiger partial charge on any atom is -0.508 e. The lowest BCUT2D eigenvalue weighted by Gasteiger charge is -2.30. The molecule has 0 aromatic heterocycles. The Morgan fingerprint density at radius 3 is 2.18 bits per heavy atom. The predicted molar refractivity (Wildman–Crippen MR) is 118 cm³/mol. The van der Waals surface area contributed by atoms with Gasteiger partial charge in [0, 0.05) is 5.41 Å². The molecule has 152 valence electrons. The molecule has 0 bridgehead atoms. The second-order valence-electron chi connectivity index (χ2n) is 9.43. The Hall–Kier alpha value is -1.96. The van der Waals surface area contributed by atoms with Crippen molar-refractivity contribution in [2.75, 3.05) is 0 Å². The lowest BCUT2D eigenvalue weighted by molar-refractivity contribution is 0.420. The zero-order valence-electron chi connectivity index (χ0n) is 18.2. The van der Waals surface area contributed by atoms with Crippen LogP contribution in [0.3, 0.4) is 0 Å². The van der Waals surface area contributed by atoms with Crippen molar-refractivity contribution in [3.63, 3.8) is 0 Å². The standard InChI is InChI=1S/C26H36O2/c1-6-8-10-18-16-19(12-14-22(18)27)26(5)17-25(3,4)21-13-15-23(28)20(24(21)26)11-9-7-2/h12-16,27-28H,6-11,17H2,1-5H3. The van der Waals surface area contributed by atoms with Crippen molar-refractivity contribution in [1.29, 1.82) is 0 Å². The van der Waals surface area contributed by atoms with Gasteiger partial charge in [-0.2, -0.15) is 0 Å². The molecule has 28 heavy (non-hydrogen) atoms. The average molecular weight is 381 g/mol. The van der Waals surface area contributed by atoms with E-state index in [-0.39, 0.29) is 10.8 Å². The predicted octanol–water partition coefficient (Wildman–Crippen LogP) is 6.77. The molecule has 2 N–H and O–H groups in total. The van der Waals surface area contributed by atoms with Crippen LogP contribution in [-0.4, -0.2) is 10.2 Å². The van der Waals surface area contributed by atoms with E-state index in [9.17, 15) is 10.2 Å². The van der Waals surface area contributed by atoms with Crippen LogP contribution in [0.25, 0.3) is 0 Å². The van der Waals surface area contributed by atoms with Gasteiger partial charge < -0.3 is 10.2 Å². The van der Waals surface area contributed by atoms with E-state index in [0.29, 0.717) is 11.5 Å². The minimum atomic E-state index is -0.157. The Morgan fingerprint density at radius 2 is 1.50 bits per heavy atom. The van der Waals surface area contributed by atoms with Crippen molar-refractivity contribution >= 4 is 0 Å². The Bertz CT molecular complexity index is 850. The summed E-state index contributed by atoms with van der Waals surface area (Å²) in [5.74, 6) is 0.835. The highest BCUT2D eigenvalue weighted by molar-refractivity contribution is 5.59. The van der Waals surface area contributed by atoms with Crippen molar-refractivity contribution < 1.29 is 10.2 Å². The van der Waals surface area contributed by atoms with Crippen molar-refractivity contribution in [3.05, 3.63) is 58.1 Å². The van der Waals surface area contributed by atoms with Crippen molar-refractivity contribution in [2.45, 2.75) is 90.4 Å². The molecule has 0 saturated carbocycles. The van der Waals surface area contributed by atoms with Crippen LogP contribution in [0.15, 0.2) is 30.3 Å². The molecule has 0 amide bonds. The zero-order chi connectivity index (χ0) is 20.5. The maximum absolute atomic E-state index is 10.7. The molecule has 2 aromatic carbocycles. The quantitative estimate of drug-likeness (QED) is 0.556. The molecule has 3 rings (SSSR count). The molecule has 2 aromatic rings. The second-order valence-corrected chi connectivity index (χ2v) is 9.43. The van der Waals surface area contributed by atoms with Crippen LogP contribution in [0.2, 0.25) is 0 Å². The summed E-state index contributed by atoms with van der Waals surface area (Å²) in [5, 5.41) is 21.1. The number of phenolic OH excluding ortho intramolecular Hbond substituents is 2. The average Bonchev–Trinajstić information content (AvgIpc) is 2.86. The summed E-state index contributed by atoms with van der Waals surface area (Å²) in [4.78, 5) is 0. The number of aryl methyl sites for hydroxylation is 1. The van der Waals surface area contributed by atoms with Crippen molar-refractivity contribution in [3.8, 4) is 11.5 Å². The van der Waals surface area contributed by atoms with E-state index >= 15 is 0 Å². The van der Waals surface area contributed by atoms with Gasteiger partial charge in [0.15, 0.2) is 0 Å². The van der Waals surface area contributed by atoms with Crippen LogP contribution in [0.1, 0.15) is 94.5 Å². The molecule has 0 heterocycles. The summed E-state index contributed by atoms with van der Waals surface area (Å²) in [7, 11) is 0. The highest BCUT2D eigenvalue weighted by Gasteiger charge is 2.47. The van der Waals surface area contributed by atoms with Crippen molar-refractivity contribution in [2.24, 2.45) is 0 Å². The van der Waals surface area contributed by atoms with E-state index in [4.69, 9.17) is 0 Å². The third-order valence-electron chi connectivity index (χ3n) is 6.66. The highest BCUT2D eigenvalue weighted by atomic mass is 16.3. The number of unbranched alkanes of at least 4 members (excludes halogenated alkanes) is 2. The molecular formula is C26H36O2. The van der Waals surface area contributed by atoms with Gasteiger partial charge in [0.25, 0.3) is 0 Å². The van der Waals surface area contributed by atoms with Crippen LogP contribution in [0.4, 0.5) is 0 Å². The number of aromatic hydroxyl groups is 2. The highest BCUT2D eigenvalue weighted by Crippen LogP contribution is 2.55. The minimum absolute atomic E-state index is 0.0558. The first kappa shape index (κ1) is 20.8.